The summed E-state index contributed by atoms with van der Waals surface area (Å²) in [6.07, 6.45) is 3.39. The number of aryl methyl sites for hydroxylation is 2. The molecule has 0 aliphatic carbocycles. The van der Waals surface area contributed by atoms with Gasteiger partial charge in [-0.15, -0.1) is 0 Å². The van der Waals surface area contributed by atoms with Crippen molar-refractivity contribution in [2.75, 3.05) is 5.32 Å². The quantitative estimate of drug-likeness (QED) is 0.455. The van der Waals surface area contributed by atoms with Crippen molar-refractivity contribution in [3.05, 3.63) is 68.4 Å². The summed E-state index contributed by atoms with van der Waals surface area (Å²) >= 11 is 3.40. The molecule has 1 N–H and O–H groups in total. The molecule has 0 bridgehead atoms. The molecule has 0 saturated heterocycles. The molecule has 0 radical (unpaired) electrons. The Kier molecular flexibility index (Phi) is 5.65. The molecule has 0 saturated carbocycles. The van der Waals surface area contributed by atoms with Crippen molar-refractivity contribution < 1.29 is 9.72 Å². The van der Waals surface area contributed by atoms with Crippen molar-refractivity contribution in [2.24, 2.45) is 0 Å². The Morgan fingerprint density at radius 1 is 1.22 bits per heavy atom. The van der Waals surface area contributed by atoms with E-state index in [2.05, 4.69) is 31.4 Å². The third-order valence-corrected chi connectivity index (χ3v) is 4.40. The van der Waals surface area contributed by atoms with Crippen LogP contribution >= 0.6 is 15.9 Å². The Bertz CT molecular complexity index is 963. The number of benzene rings is 1. The minimum absolute atomic E-state index is 0.121. The number of hydrogen-bond acceptors (Lipinski definition) is 5. The van der Waals surface area contributed by atoms with Crippen molar-refractivity contribution >= 4 is 33.5 Å². The van der Waals surface area contributed by atoms with Crippen LogP contribution in [0.15, 0.2) is 47.2 Å². The maximum atomic E-state index is 12.1. The Hall–Kier alpha value is -3.01. The molecule has 0 aliphatic rings. The summed E-state index contributed by atoms with van der Waals surface area (Å²) < 4.78 is 3.78. The molecule has 27 heavy (non-hydrogen) atoms. The molecule has 0 fully saturated rings. The van der Waals surface area contributed by atoms with Gasteiger partial charge >= 0.3 is 5.82 Å². The van der Waals surface area contributed by atoms with Crippen LogP contribution in [0.3, 0.4) is 0 Å². The van der Waals surface area contributed by atoms with Crippen LogP contribution in [0.5, 0.6) is 0 Å². The maximum absolute atomic E-state index is 12.1. The van der Waals surface area contributed by atoms with Crippen LogP contribution in [-0.2, 0) is 17.9 Å². The highest BCUT2D eigenvalue weighted by molar-refractivity contribution is 9.10. The first kappa shape index (κ1) is 18.8. The lowest BCUT2D eigenvalue weighted by molar-refractivity contribution is -0.389. The van der Waals surface area contributed by atoms with Gasteiger partial charge in [-0.3, -0.25) is 9.48 Å². The third-order valence-electron chi connectivity index (χ3n) is 3.82. The number of carbonyl (C=O) groups is 1. The minimum Gasteiger partial charge on any atom is -0.358 e. The van der Waals surface area contributed by atoms with Crippen LogP contribution in [0.1, 0.15) is 17.5 Å². The summed E-state index contributed by atoms with van der Waals surface area (Å²) in [5.74, 6) is -0.0685. The molecule has 3 aromatic rings. The van der Waals surface area contributed by atoms with E-state index in [0.717, 1.165) is 5.56 Å². The van der Waals surface area contributed by atoms with E-state index in [4.69, 9.17) is 0 Å². The number of hydrogen-bond donors (Lipinski definition) is 1. The number of anilines is 1. The molecule has 2 aromatic heterocycles. The van der Waals surface area contributed by atoms with E-state index >= 15 is 0 Å². The van der Waals surface area contributed by atoms with Crippen molar-refractivity contribution in [1.29, 1.82) is 0 Å². The van der Waals surface area contributed by atoms with E-state index in [9.17, 15) is 14.9 Å². The van der Waals surface area contributed by atoms with Gasteiger partial charge in [0.25, 0.3) is 0 Å². The number of nitro groups is 1. The van der Waals surface area contributed by atoms with E-state index in [1.54, 1.807) is 10.9 Å². The molecule has 0 atom stereocenters. The second-order valence-corrected chi connectivity index (χ2v) is 6.86. The van der Waals surface area contributed by atoms with Crippen molar-refractivity contribution in [1.82, 2.24) is 19.6 Å². The molecular formula is C17H17BrN6O3. The standard InChI is InChI=1S/C17H17BrN6O3/c1-12-2-4-13(5-3-12)10-23-11-14(18)17(21-23)19-16(25)7-9-22-8-6-15(20-22)24(26)27/h2-6,8,11H,7,9-10H2,1H3,(H,19,21,25). The number of carbonyl (C=O) groups excluding carboxylic acids is 1. The van der Waals surface area contributed by atoms with Crippen molar-refractivity contribution in [3.8, 4) is 0 Å². The number of aromatic nitrogens is 4. The van der Waals surface area contributed by atoms with Gasteiger partial charge in [-0.05, 0) is 33.3 Å². The minimum atomic E-state index is -0.575. The molecule has 1 amide bonds. The lowest BCUT2D eigenvalue weighted by Crippen LogP contribution is -2.15. The summed E-state index contributed by atoms with van der Waals surface area (Å²) in [6, 6.07) is 9.44. The maximum Gasteiger partial charge on any atom is 0.389 e. The largest absolute Gasteiger partial charge is 0.389 e. The second-order valence-electron chi connectivity index (χ2n) is 6.00. The lowest BCUT2D eigenvalue weighted by atomic mass is 10.1. The van der Waals surface area contributed by atoms with Gasteiger partial charge in [-0.25, -0.2) is 0 Å². The van der Waals surface area contributed by atoms with Gasteiger partial charge in [-0.2, -0.15) is 9.78 Å². The third kappa shape index (κ3) is 5.00. The van der Waals surface area contributed by atoms with Gasteiger partial charge in [0.15, 0.2) is 5.82 Å². The fraction of sp³-hybridized carbons (Fsp3) is 0.235. The van der Waals surface area contributed by atoms with E-state index in [-0.39, 0.29) is 24.7 Å². The SMILES string of the molecule is Cc1ccc(Cn2cc(Br)c(NC(=O)CCn3ccc([N+](=O)[O-])n3)n2)cc1. The average Bonchev–Trinajstić information content (AvgIpc) is 3.22. The second kappa shape index (κ2) is 8.12. The van der Waals surface area contributed by atoms with E-state index in [1.807, 2.05) is 31.2 Å². The first-order valence-electron chi connectivity index (χ1n) is 8.17. The summed E-state index contributed by atoms with van der Waals surface area (Å²) in [4.78, 5) is 22.2. The lowest BCUT2D eigenvalue weighted by Gasteiger charge is -2.03. The van der Waals surface area contributed by atoms with Crippen LogP contribution in [0.25, 0.3) is 0 Å². The zero-order valence-electron chi connectivity index (χ0n) is 14.5. The Balaban J connectivity index is 1.56. The first-order valence-corrected chi connectivity index (χ1v) is 8.96. The van der Waals surface area contributed by atoms with Gasteiger partial charge in [0.2, 0.25) is 5.91 Å². The Morgan fingerprint density at radius 2 is 1.96 bits per heavy atom. The van der Waals surface area contributed by atoms with Gasteiger partial charge in [0.1, 0.15) is 0 Å². The highest BCUT2D eigenvalue weighted by Crippen LogP contribution is 2.21. The van der Waals surface area contributed by atoms with Crippen LogP contribution in [0.2, 0.25) is 0 Å². The molecule has 1 aromatic carbocycles. The molecule has 0 aliphatic heterocycles. The molecule has 10 heteroatoms. The van der Waals surface area contributed by atoms with E-state index < -0.39 is 4.92 Å². The van der Waals surface area contributed by atoms with Gasteiger partial charge < -0.3 is 15.4 Å². The highest BCUT2D eigenvalue weighted by Gasteiger charge is 2.14. The Labute approximate surface area is 163 Å². The molecule has 140 valence electrons. The topological polar surface area (TPSA) is 108 Å². The molecule has 0 spiro atoms. The number of halogens is 1. The van der Waals surface area contributed by atoms with Crippen LogP contribution in [0, 0.1) is 17.0 Å². The van der Waals surface area contributed by atoms with Gasteiger partial charge in [-0.1, -0.05) is 29.8 Å². The number of nitrogens with zero attached hydrogens (tertiary/aromatic N) is 5. The van der Waals surface area contributed by atoms with E-state index in [1.165, 1.54) is 22.5 Å². The van der Waals surface area contributed by atoms with Crippen LogP contribution in [0.4, 0.5) is 11.6 Å². The fourth-order valence-corrected chi connectivity index (χ4v) is 2.84. The summed E-state index contributed by atoms with van der Waals surface area (Å²) in [5.41, 5.74) is 2.30. The normalized spacial score (nSPS) is 10.7. The fourth-order valence-electron chi connectivity index (χ4n) is 2.43. The molecule has 3 rings (SSSR count). The van der Waals surface area contributed by atoms with Crippen molar-refractivity contribution in [2.45, 2.75) is 26.4 Å². The molecule has 9 nitrogen and oxygen atoms in total. The van der Waals surface area contributed by atoms with E-state index in [0.29, 0.717) is 16.8 Å². The molecular weight excluding hydrogens is 416 g/mol. The average molecular weight is 433 g/mol. The monoisotopic (exact) mass is 432 g/mol. The first-order chi connectivity index (χ1) is 12.9. The molecule has 2 heterocycles. The van der Waals surface area contributed by atoms with Crippen LogP contribution in [-0.4, -0.2) is 30.4 Å². The van der Waals surface area contributed by atoms with Gasteiger partial charge in [0.05, 0.1) is 34.9 Å². The predicted octanol–water partition coefficient (Wildman–Crippen LogP) is 3.14. The zero-order chi connectivity index (χ0) is 19.4. The predicted molar refractivity (Wildman–Crippen MR) is 102 cm³/mol. The summed E-state index contributed by atoms with van der Waals surface area (Å²) in [7, 11) is 0. The molecule has 0 unspecified atom stereocenters. The highest BCUT2D eigenvalue weighted by atomic mass is 79.9. The number of amides is 1. The smallest absolute Gasteiger partial charge is 0.358 e. The zero-order valence-corrected chi connectivity index (χ0v) is 16.1. The summed E-state index contributed by atoms with van der Waals surface area (Å²) in [6.45, 7) is 2.86. The number of rotatable bonds is 7. The number of nitrogens with one attached hydrogen (secondary N) is 1. The van der Waals surface area contributed by atoms with Crippen molar-refractivity contribution in [3.63, 3.8) is 0 Å². The van der Waals surface area contributed by atoms with Gasteiger partial charge in [0, 0.05) is 12.6 Å². The summed E-state index contributed by atoms with van der Waals surface area (Å²) in [5, 5.41) is 21.5. The Morgan fingerprint density at radius 3 is 2.63 bits per heavy atom. The van der Waals surface area contributed by atoms with Crippen LogP contribution < -0.4 is 5.32 Å².